The van der Waals surface area contributed by atoms with Crippen LogP contribution in [0, 0.1) is 0 Å². The molecule has 0 aliphatic rings. The molecular weight excluding hydrogens is 877 g/mol. The maximum Gasteiger partial charge on any atom is 0.306 e. The van der Waals surface area contributed by atoms with Gasteiger partial charge in [-0.3, -0.25) is 14.4 Å². The Morgan fingerprint density at radius 1 is 0.296 bits per heavy atom. The van der Waals surface area contributed by atoms with Gasteiger partial charge >= 0.3 is 17.9 Å². The van der Waals surface area contributed by atoms with E-state index in [1.807, 2.05) is 0 Å². The van der Waals surface area contributed by atoms with Gasteiger partial charge < -0.3 is 14.2 Å². The molecule has 404 valence electrons. The third-order valence-electron chi connectivity index (χ3n) is 12.2. The van der Waals surface area contributed by atoms with Crippen molar-refractivity contribution in [2.24, 2.45) is 0 Å². The number of allylic oxidation sites excluding steroid dienone is 18. The van der Waals surface area contributed by atoms with E-state index in [1.165, 1.54) is 122 Å². The van der Waals surface area contributed by atoms with Crippen LogP contribution in [-0.2, 0) is 28.6 Å². The minimum atomic E-state index is -0.816. The summed E-state index contributed by atoms with van der Waals surface area (Å²) in [7, 11) is 0. The van der Waals surface area contributed by atoms with E-state index in [0.717, 1.165) is 96.3 Å². The predicted molar refractivity (Wildman–Crippen MR) is 307 cm³/mol. The molecule has 0 unspecified atom stereocenters. The van der Waals surface area contributed by atoms with Crippen molar-refractivity contribution in [3.63, 3.8) is 0 Å². The maximum absolute atomic E-state index is 12.8. The summed E-state index contributed by atoms with van der Waals surface area (Å²) in [5.74, 6) is -0.975. The molecule has 0 fully saturated rings. The fourth-order valence-corrected chi connectivity index (χ4v) is 7.83. The van der Waals surface area contributed by atoms with Gasteiger partial charge in [0.05, 0.1) is 0 Å². The summed E-state index contributed by atoms with van der Waals surface area (Å²) in [6.45, 7) is 6.43. The molecule has 6 nitrogen and oxygen atoms in total. The highest BCUT2D eigenvalue weighted by Gasteiger charge is 2.19. The molecule has 0 saturated heterocycles. The molecule has 0 spiro atoms. The van der Waals surface area contributed by atoms with Gasteiger partial charge in [-0.15, -0.1) is 0 Å². The molecule has 0 bridgehead atoms. The van der Waals surface area contributed by atoms with Crippen molar-refractivity contribution in [3.8, 4) is 0 Å². The lowest BCUT2D eigenvalue weighted by atomic mass is 10.1. The van der Waals surface area contributed by atoms with Crippen LogP contribution in [0.4, 0.5) is 0 Å². The molecule has 0 radical (unpaired) electrons. The van der Waals surface area contributed by atoms with E-state index < -0.39 is 6.10 Å². The lowest BCUT2D eigenvalue weighted by molar-refractivity contribution is -0.167. The average molecular weight is 986 g/mol. The molecule has 71 heavy (non-hydrogen) atoms. The van der Waals surface area contributed by atoms with Crippen molar-refractivity contribution in [1.29, 1.82) is 0 Å². The molecule has 0 heterocycles. The number of rotatable bonds is 52. The van der Waals surface area contributed by atoms with Crippen LogP contribution in [-0.4, -0.2) is 37.2 Å². The van der Waals surface area contributed by atoms with Crippen LogP contribution in [0.2, 0.25) is 0 Å². The molecule has 0 saturated carbocycles. The van der Waals surface area contributed by atoms with Crippen LogP contribution >= 0.6 is 0 Å². The zero-order valence-electron chi connectivity index (χ0n) is 46.2. The van der Waals surface area contributed by atoms with E-state index in [0.29, 0.717) is 19.3 Å². The van der Waals surface area contributed by atoms with Crippen LogP contribution in [0.1, 0.15) is 265 Å². The largest absolute Gasteiger partial charge is 0.462 e. The van der Waals surface area contributed by atoms with E-state index in [1.54, 1.807) is 0 Å². The molecule has 0 amide bonds. The quantitative estimate of drug-likeness (QED) is 0.0261. The van der Waals surface area contributed by atoms with E-state index >= 15 is 0 Å². The number of unbranched alkanes of at least 4 members (excludes halogenated alkanes) is 23. The van der Waals surface area contributed by atoms with Gasteiger partial charge in [-0.2, -0.15) is 0 Å². The summed E-state index contributed by atoms with van der Waals surface area (Å²) < 4.78 is 16.8. The van der Waals surface area contributed by atoms with Gasteiger partial charge in [-0.25, -0.2) is 0 Å². The van der Waals surface area contributed by atoms with Crippen LogP contribution in [0.3, 0.4) is 0 Å². The lowest BCUT2D eigenvalue weighted by Crippen LogP contribution is -2.30. The first-order chi connectivity index (χ1) is 35.0. The Kier molecular flexibility index (Phi) is 55.4. The van der Waals surface area contributed by atoms with Gasteiger partial charge in [0.1, 0.15) is 13.2 Å². The van der Waals surface area contributed by atoms with Crippen molar-refractivity contribution in [1.82, 2.24) is 0 Å². The second-order valence-electron chi connectivity index (χ2n) is 19.2. The highest BCUT2D eigenvalue weighted by atomic mass is 16.6. The average Bonchev–Trinajstić information content (AvgIpc) is 3.37. The Morgan fingerprint density at radius 2 is 0.563 bits per heavy atom. The molecular formula is C65H108O6. The molecule has 0 aliphatic carbocycles. The molecule has 1 atom stereocenters. The molecule has 0 N–H and O–H groups in total. The first kappa shape index (κ1) is 67.1. The van der Waals surface area contributed by atoms with Gasteiger partial charge in [-0.1, -0.05) is 233 Å². The normalized spacial score (nSPS) is 12.9. The minimum Gasteiger partial charge on any atom is -0.462 e. The zero-order chi connectivity index (χ0) is 51.4. The number of carbonyl (C=O) groups is 3. The smallest absolute Gasteiger partial charge is 0.306 e. The van der Waals surface area contributed by atoms with Crippen molar-refractivity contribution in [2.45, 2.75) is 271 Å². The SMILES string of the molecule is CC/C=C\C/C=C\C/C=C\C/C=C\C/C=C\CCCC(=O)O[C@H](COC(=O)CCCCCCCCC/C=C\C/C=C\CCCCC)COC(=O)CCCCCCCCCCC/C=C\C/C=C\CCCCC. The minimum absolute atomic E-state index is 0.107. The molecule has 0 aromatic heterocycles. The van der Waals surface area contributed by atoms with Crippen molar-refractivity contribution in [2.75, 3.05) is 13.2 Å². The van der Waals surface area contributed by atoms with Crippen molar-refractivity contribution < 1.29 is 28.6 Å². The zero-order valence-corrected chi connectivity index (χ0v) is 46.2. The Morgan fingerprint density at radius 3 is 0.901 bits per heavy atom. The Balaban J connectivity index is 4.49. The lowest BCUT2D eigenvalue weighted by Gasteiger charge is -2.18. The van der Waals surface area contributed by atoms with Crippen molar-refractivity contribution in [3.05, 3.63) is 109 Å². The summed E-state index contributed by atoms with van der Waals surface area (Å²) in [5, 5.41) is 0. The third-order valence-corrected chi connectivity index (χ3v) is 12.2. The number of carbonyl (C=O) groups excluding carboxylic acids is 3. The summed E-state index contributed by atoms with van der Waals surface area (Å²) in [4.78, 5) is 38.2. The topological polar surface area (TPSA) is 78.9 Å². The monoisotopic (exact) mass is 985 g/mol. The number of hydrogen-bond acceptors (Lipinski definition) is 6. The summed E-state index contributed by atoms with van der Waals surface area (Å²) in [6.07, 6.45) is 79.4. The van der Waals surface area contributed by atoms with Gasteiger partial charge in [0.2, 0.25) is 0 Å². The van der Waals surface area contributed by atoms with E-state index in [4.69, 9.17) is 14.2 Å². The predicted octanol–water partition coefficient (Wildman–Crippen LogP) is 19.9. The third kappa shape index (κ3) is 56.9. The standard InChI is InChI=1S/C65H108O6/c1-4-7-10-13-16-19-22-25-28-31-32-35-37-40-43-46-49-52-55-58-64(67)70-61-62(71-65(68)59-56-53-50-47-44-41-38-34-30-27-24-21-18-15-12-9-6-3)60-69-63(66)57-54-51-48-45-42-39-36-33-29-26-23-20-17-14-11-8-5-2/h9,12,16-21,25-30,38,41,47,50,62H,4-8,10-11,13-15,22-24,31-37,39-40,42-46,48-49,51-61H2,1-3H3/b12-9-,19-16-,20-17-,21-18-,28-25-,29-26-,30-27-,41-38-,50-47-/t62-/m1/s1. The summed E-state index contributed by atoms with van der Waals surface area (Å²) >= 11 is 0. The first-order valence-corrected chi connectivity index (χ1v) is 29.4. The molecule has 6 heteroatoms. The Hall–Kier alpha value is -3.93. The first-order valence-electron chi connectivity index (χ1n) is 29.4. The number of ether oxygens (including phenoxy) is 3. The maximum atomic E-state index is 12.8. The van der Waals surface area contributed by atoms with Crippen molar-refractivity contribution >= 4 is 17.9 Å². The summed E-state index contributed by atoms with van der Waals surface area (Å²) in [5.41, 5.74) is 0. The van der Waals surface area contributed by atoms with Crippen LogP contribution < -0.4 is 0 Å². The highest BCUT2D eigenvalue weighted by molar-refractivity contribution is 5.71. The summed E-state index contributed by atoms with van der Waals surface area (Å²) in [6, 6.07) is 0. The van der Waals surface area contributed by atoms with Gasteiger partial charge in [0, 0.05) is 19.3 Å². The van der Waals surface area contributed by atoms with Gasteiger partial charge in [-0.05, 0) is 122 Å². The fraction of sp³-hybridized carbons (Fsp3) is 0.677. The molecule has 0 aliphatic heterocycles. The van der Waals surface area contributed by atoms with Crippen LogP contribution in [0.25, 0.3) is 0 Å². The molecule has 0 aromatic carbocycles. The Labute approximate surface area is 438 Å². The Bertz CT molecular complexity index is 1460. The van der Waals surface area contributed by atoms with E-state index in [9.17, 15) is 14.4 Å². The number of esters is 3. The molecule has 0 rings (SSSR count). The van der Waals surface area contributed by atoms with Gasteiger partial charge in [0.15, 0.2) is 6.10 Å². The van der Waals surface area contributed by atoms with Gasteiger partial charge in [0.25, 0.3) is 0 Å². The fourth-order valence-electron chi connectivity index (χ4n) is 7.83. The van der Waals surface area contributed by atoms with Crippen LogP contribution in [0.15, 0.2) is 109 Å². The van der Waals surface area contributed by atoms with E-state index in [2.05, 4.69) is 130 Å². The highest BCUT2D eigenvalue weighted by Crippen LogP contribution is 2.14. The molecule has 0 aromatic rings. The number of hydrogen-bond donors (Lipinski definition) is 0. The van der Waals surface area contributed by atoms with Crippen LogP contribution in [0.5, 0.6) is 0 Å². The second kappa shape index (κ2) is 58.6. The second-order valence-corrected chi connectivity index (χ2v) is 19.2. The van der Waals surface area contributed by atoms with E-state index in [-0.39, 0.29) is 37.5 Å².